The van der Waals surface area contributed by atoms with E-state index in [-0.39, 0.29) is 35.2 Å². The number of benzene rings is 1. The summed E-state index contributed by atoms with van der Waals surface area (Å²) in [4.78, 5) is 12.7. The summed E-state index contributed by atoms with van der Waals surface area (Å²) in [7, 11) is 0. The van der Waals surface area contributed by atoms with Gasteiger partial charge in [-0.1, -0.05) is 24.3 Å². The van der Waals surface area contributed by atoms with Crippen LogP contribution in [0, 0.1) is 11.8 Å². The molecule has 120 valence electrons. The Morgan fingerprint density at radius 1 is 1.41 bits per heavy atom. The molecule has 0 heterocycles. The zero-order valence-electron chi connectivity index (χ0n) is 13.1. The fraction of sp³-hybridized carbons (Fsp3) is 0.611. The molecule has 0 bridgehead atoms. The molecule has 1 spiro atoms. The maximum atomic E-state index is 12.7. The van der Waals surface area contributed by atoms with Crippen LogP contribution in [0.1, 0.15) is 43.7 Å². The molecule has 2 saturated carbocycles. The van der Waals surface area contributed by atoms with Gasteiger partial charge in [0, 0.05) is 17.9 Å². The van der Waals surface area contributed by atoms with Gasteiger partial charge in [0.05, 0.1) is 5.54 Å². The third-order valence-corrected chi connectivity index (χ3v) is 6.10. The van der Waals surface area contributed by atoms with Crippen molar-refractivity contribution in [2.75, 3.05) is 6.54 Å². The molecule has 4 rings (SSSR count). The maximum absolute atomic E-state index is 12.7. The summed E-state index contributed by atoms with van der Waals surface area (Å²) >= 11 is 0. The van der Waals surface area contributed by atoms with Crippen LogP contribution in [-0.2, 0) is 16.6 Å². The van der Waals surface area contributed by atoms with Gasteiger partial charge in [-0.2, -0.15) is 0 Å². The summed E-state index contributed by atoms with van der Waals surface area (Å²) in [6.45, 7) is 2.65. The fourth-order valence-corrected chi connectivity index (χ4v) is 4.35. The van der Waals surface area contributed by atoms with Gasteiger partial charge in [-0.25, -0.2) is 0 Å². The second-order valence-corrected chi connectivity index (χ2v) is 7.46. The minimum Gasteiger partial charge on any atom is -0.349 e. The molecule has 1 amide bonds. The number of aryl methyl sites for hydroxylation is 1. The predicted octanol–water partition coefficient (Wildman–Crippen LogP) is 2.56. The summed E-state index contributed by atoms with van der Waals surface area (Å²) in [5.41, 5.74) is 8.73. The highest BCUT2D eigenvalue weighted by atomic mass is 35.5. The standard InChI is InChI=1S/C18H24N2O.ClH/c1-17(11-19,13-6-7-13)20-16(21)15-10-18(15)9-8-12-4-2-3-5-14(12)18;/h2-5,13,15H,6-11,19H2,1H3,(H,20,21);1H. The van der Waals surface area contributed by atoms with Crippen LogP contribution < -0.4 is 11.1 Å². The lowest BCUT2D eigenvalue weighted by atomic mass is 9.93. The predicted molar refractivity (Wildman–Crippen MR) is 90.1 cm³/mol. The number of carbonyl (C=O) groups excluding carboxylic acids is 1. The van der Waals surface area contributed by atoms with Gasteiger partial charge < -0.3 is 11.1 Å². The first-order valence-corrected chi connectivity index (χ1v) is 8.19. The number of hydrogen-bond acceptors (Lipinski definition) is 2. The van der Waals surface area contributed by atoms with E-state index in [4.69, 9.17) is 5.73 Å². The Morgan fingerprint density at radius 3 is 2.82 bits per heavy atom. The Labute approximate surface area is 138 Å². The molecule has 0 radical (unpaired) electrons. The molecule has 3 aliphatic carbocycles. The average Bonchev–Trinajstić information content (AvgIpc) is 3.37. The van der Waals surface area contributed by atoms with Gasteiger partial charge in [0.2, 0.25) is 5.91 Å². The van der Waals surface area contributed by atoms with E-state index in [0.29, 0.717) is 12.5 Å². The second kappa shape index (κ2) is 5.24. The molecular weight excluding hydrogens is 296 g/mol. The largest absolute Gasteiger partial charge is 0.349 e. The average molecular weight is 321 g/mol. The van der Waals surface area contributed by atoms with Crippen molar-refractivity contribution in [3.8, 4) is 0 Å². The minimum absolute atomic E-state index is 0. The Bertz CT molecular complexity index is 601. The number of nitrogens with one attached hydrogen (secondary N) is 1. The van der Waals surface area contributed by atoms with Gasteiger partial charge in [0.15, 0.2) is 0 Å². The Kier molecular flexibility index (Phi) is 3.77. The van der Waals surface area contributed by atoms with Gasteiger partial charge >= 0.3 is 0 Å². The molecule has 2 fully saturated rings. The van der Waals surface area contributed by atoms with Crippen molar-refractivity contribution in [1.29, 1.82) is 0 Å². The SMILES string of the molecule is CC(CN)(NC(=O)C1CC12CCc1ccccc12)C1CC1.Cl. The molecule has 3 N–H and O–H groups in total. The first-order valence-electron chi connectivity index (χ1n) is 8.19. The molecule has 1 aromatic rings. The molecule has 1 aromatic carbocycles. The van der Waals surface area contributed by atoms with E-state index >= 15 is 0 Å². The molecule has 3 aliphatic rings. The number of carbonyl (C=O) groups is 1. The minimum atomic E-state index is -0.195. The van der Waals surface area contributed by atoms with Gasteiger partial charge in [-0.05, 0) is 56.1 Å². The number of rotatable bonds is 4. The van der Waals surface area contributed by atoms with Crippen molar-refractivity contribution < 1.29 is 4.79 Å². The van der Waals surface area contributed by atoms with Crippen LogP contribution in [0.5, 0.6) is 0 Å². The van der Waals surface area contributed by atoms with E-state index < -0.39 is 0 Å². The van der Waals surface area contributed by atoms with E-state index in [1.165, 1.54) is 24.0 Å². The fourth-order valence-electron chi connectivity index (χ4n) is 4.35. The van der Waals surface area contributed by atoms with E-state index in [2.05, 4.69) is 36.5 Å². The highest BCUT2D eigenvalue weighted by Gasteiger charge is 2.62. The zero-order valence-corrected chi connectivity index (χ0v) is 13.9. The van der Waals surface area contributed by atoms with Crippen LogP contribution in [0.15, 0.2) is 24.3 Å². The lowest BCUT2D eigenvalue weighted by molar-refractivity contribution is -0.124. The summed E-state index contributed by atoms with van der Waals surface area (Å²) in [5.74, 6) is 0.967. The molecular formula is C18H25ClN2O. The number of amides is 1. The molecule has 3 nitrogen and oxygen atoms in total. The second-order valence-electron chi connectivity index (χ2n) is 7.46. The van der Waals surface area contributed by atoms with E-state index in [1.807, 2.05) is 0 Å². The van der Waals surface area contributed by atoms with Gasteiger partial charge in [0.25, 0.3) is 0 Å². The van der Waals surface area contributed by atoms with Crippen LogP contribution in [-0.4, -0.2) is 18.0 Å². The summed E-state index contributed by atoms with van der Waals surface area (Å²) in [5, 5.41) is 3.29. The van der Waals surface area contributed by atoms with Crippen LogP contribution in [0.3, 0.4) is 0 Å². The van der Waals surface area contributed by atoms with Crippen molar-refractivity contribution in [1.82, 2.24) is 5.32 Å². The molecule has 0 saturated heterocycles. The summed E-state index contributed by atoms with van der Waals surface area (Å²) < 4.78 is 0. The molecule has 0 aliphatic heterocycles. The Balaban J connectivity index is 0.00000144. The van der Waals surface area contributed by atoms with Crippen molar-refractivity contribution in [2.24, 2.45) is 17.6 Å². The Morgan fingerprint density at radius 2 is 2.14 bits per heavy atom. The molecule has 3 unspecified atom stereocenters. The van der Waals surface area contributed by atoms with Crippen LogP contribution in [0.4, 0.5) is 0 Å². The lowest BCUT2D eigenvalue weighted by Gasteiger charge is -2.30. The quantitative estimate of drug-likeness (QED) is 0.896. The number of nitrogens with two attached hydrogens (primary N) is 1. The van der Waals surface area contributed by atoms with Gasteiger partial charge in [0.1, 0.15) is 0 Å². The maximum Gasteiger partial charge on any atom is 0.224 e. The molecule has 4 heteroatoms. The van der Waals surface area contributed by atoms with E-state index in [1.54, 1.807) is 0 Å². The van der Waals surface area contributed by atoms with Crippen molar-refractivity contribution in [2.45, 2.75) is 50.0 Å². The summed E-state index contributed by atoms with van der Waals surface area (Å²) in [6.07, 6.45) is 5.67. The smallest absolute Gasteiger partial charge is 0.224 e. The third-order valence-electron chi connectivity index (χ3n) is 6.10. The first kappa shape index (κ1) is 15.8. The topological polar surface area (TPSA) is 55.1 Å². The van der Waals surface area contributed by atoms with Gasteiger partial charge in [-0.3, -0.25) is 4.79 Å². The molecule has 22 heavy (non-hydrogen) atoms. The van der Waals surface area contributed by atoms with Crippen molar-refractivity contribution >= 4 is 18.3 Å². The van der Waals surface area contributed by atoms with Crippen molar-refractivity contribution in [3.05, 3.63) is 35.4 Å². The van der Waals surface area contributed by atoms with Gasteiger partial charge in [-0.15, -0.1) is 12.4 Å². The highest BCUT2D eigenvalue weighted by Crippen LogP contribution is 2.61. The Hall–Kier alpha value is -1.06. The number of hydrogen-bond donors (Lipinski definition) is 2. The van der Waals surface area contributed by atoms with Crippen LogP contribution >= 0.6 is 12.4 Å². The lowest BCUT2D eigenvalue weighted by Crippen LogP contribution is -2.54. The monoisotopic (exact) mass is 320 g/mol. The third kappa shape index (κ3) is 2.26. The van der Waals surface area contributed by atoms with E-state index in [0.717, 1.165) is 19.3 Å². The highest BCUT2D eigenvalue weighted by molar-refractivity contribution is 5.86. The van der Waals surface area contributed by atoms with Crippen molar-refractivity contribution in [3.63, 3.8) is 0 Å². The first-order chi connectivity index (χ1) is 10.1. The summed E-state index contributed by atoms with van der Waals surface area (Å²) in [6, 6.07) is 8.64. The number of fused-ring (bicyclic) bond motifs is 2. The normalized spacial score (nSPS) is 31.1. The van der Waals surface area contributed by atoms with Crippen LogP contribution in [0.2, 0.25) is 0 Å². The van der Waals surface area contributed by atoms with Crippen LogP contribution in [0.25, 0.3) is 0 Å². The molecule has 3 atom stereocenters. The van der Waals surface area contributed by atoms with E-state index in [9.17, 15) is 4.79 Å². The zero-order chi connectivity index (χ0) is 14.7. The molecule has 0 aromatic heterocycles. The number of halogens is 1.